The van der Waals surface area contributed by atoms with Crippen LogP contribution in [0.3, 0.4) is 0 Å². The average Bonchev–Trinajstić information content (AvgIpc) is 3.20. The van der Waals surface area contributed by atoms with Crippen LogP contribution < -0.4 is 0 Å². The van der Waals surface area contributed by atoms with Crippen LogP contribution in [0, 0.1) is 0 Å². The molecule has 0 unspecified atom stereocenters. The molecule has 1 aromatic carbocycles. The van der Waals surface area contributed by atoms with Gasteiger partial charge in [0.1, 0.15) is 0 Å². The molecule has 0 fully saturated rings. The number of alkyl halides is 3. The predicted octanol–water partition coefficient (Wildman–Crippen LogP) is 4.15. The third-order valence-electron chi connectivity index (χ3n) is 4.07. The van der Waals surface area contributed by atoms with Gasteiger partial charge in [0.15, 0.2) is 0 Å². The Labute approximate surface area is 153 Å². The van der Waals surface area contributed by atoms with Crippen molar-refractivity contribution in [3.05, 3.63) is 72.1 Å². The van der Waals surface area contributed by atoms with E-state index in [4.69, 9.17) is 0 Å². The van der Waals surface area contributed by atoms with Crippen molar-refractivity contribution in [1.82, 2.24) is 9.13 Å². The van der Waals surface area contributed by atoms with Gasteiger partial charge in [0.25, 0.3) is 0 Å². The van der Waals surface area contributed by atoms with Crippen molar-refractivity contribution >= 4 is 11.7 Å². The first-order chi connectivity index (χ1) is 12.8. The maximum absolute atomic E-state index is 13.5. The first kappa shape index (κ1) is 18.5. The minimum Gasteiger partial charge on any atom is -0.349 e. The summed E-state index contributed by atoms with van der Waals surface area (Å²) >= 11 is 0. The van der Waals surface area contributed by atoms with Gasteiger partial charge in [0, 0.05) is 20.3 Å². The fourth-order valence-corrected chi connectivity index (χ4v) is 2.69. The fourth-order valence-electron chi connectivity index (χ4n) is 2.69. The monoisotopic (exact) mass is 375 g/mol. The van der Waals surface area contributed by atoms with Crippen LogP contribution in [0.1, 0.15) is 16.1 Å². The van der Waals surface area contributed by atoms with E-state index in [0.717, 1.165) is 5.69 Å². The molecule has 0 atom stereocenters. The number of carbonyl (C=O) groups is 1. The van der Waals surface area contributed by atoms with E-state index in [-0.39, 0.29) is 11.3 Å². The summed E-state index contributed by atoms with van der Waals surface area (Å²) in [6.07, 6.45) is -3.00. The molecule has 0 saturated carbocycles. The molecule has 0 N–H and O–H groups in total. The van der Waals surface area contributed by atoms with Crippen molar-refractivity contribution in [3.63, 3.8) is 0 Å². The first-order valence-corrected chi connectivity index (χ1v) is 7.98. The third-order valence-corrected chi connectivity index (χ3v) is 4.07. The molecule has 0 saturated heterocycles. The summed E-state index contributed by atoms with van der Waals surface area (Å²) in [6, 6.07) is 14.1. The van der Waals surface area contributed by atoms with Crippen molar-refractivity contribution in [2.45, 2.75) is 6.18 Å². The molecule has 0 aliphatic rings. The number of halogens is 3. The second-order valence-corrected chi connectivity index (χ2v) is 5.85. The van der Waals surface area contributed by atoms with E-state index in [1.807, 2.05) is 0 Å². The summed E-state index contributed by atoms with van der Waals surface area (Å²) in [4.78, 5) is 16.5. The van der Waals surface area contributed by atoms with Crippen LogP contribution in [0.2, 0.25) is 0 Å². The molecule has 2 heterocycles. The van der Waals surface area contributed by atoms with Crippen LogP contribution in [0.25, 0.3) is 11.4 Å². The summed E-state index contributed by atoms with van der Waals surface area (Å²) in [5.74, 6) is -0.964. The predicted molar refractivity (Wildman–Crippen MR) is 94.3 cm³/mol. The average molecular weight is 375 g/mol. The van der Waals surface area contributed by atoms with Crippen LogP contribution in [0.5, 0.6) is 0 Å². The number of oxime groups is 1. The first-order valence-electron chi connectivity index (χ1n) is 7.98. The van der Waals surface area contributed by atoms with Gasteiger partial charge in [-0.2, -0.15) is 13.2 Å². The molecule has 5 nitrogen and oxygen atoms in total. The van der Waals surface area contributed by atoms with Gasteiger partial charge in [-0.3, -0.25) is 0 Å². The zero-order valence-corrected chi connectivity index (χ0v) is 14.6. The van der Waals surface area contributed by atoms with Crippen LogP contribution in [0.15, 0.2) is 65.9 Å². The van der Waals surface area contributed by atoms with Crippen LogP contribution in [0.4, 0.5) is 13.2 Å². The molecule has 8 heteroatoms. The topological polar surface area (TPSA) is 48.5 Å². The maximum atomic E-state index is 13.5. The number of rotatable bonds is 4. The zero-order valence-electron chi connectivity index (χ0n) is 14.6. The van der Waals surface area contributed by atoms with Gasteiger partial charge in [-0.05, 0) is 36.4 Å². The zero-order chi connectivity index (χ0) is 19.6. The molecule has 27 heavy (non-hydrogen) atoms. The molecule has 3 rings (SSSR count). The van der Waals surface area contributed by atoms with Crippen molar-refractivity contribution in [1.29, 1.82) is 0 Å². The Morgan fingerprint density at radius 3 is 2.26 bits per heavy atom. The Bertz CT molecular complexity index is 985. The largest absolute Gasteiger partial charge is 0.438 e. The van der Waals surface area contributed by atoms with Crippen LogP contribution >= 0.6 is 0 Å². The van der Waals surface area contributed by atoms with Gasteiger partial charge in [-0.15, -0.1) is 0 Å². The Balaban J connectivity index is 1.96. The standard InChI is InChI=1S/C19H16F3N3O2/c1-24-12-6-9-14(24)15-10-11-16(25(15)2)17(19(20,21)22)23-27-18(26)13-7-4-3-5-8-13/h3-12H,1-2H3/b23-17-. The summed E-state index contributed by atoms with van der Waals surface area (Å²) < 4.78 is 43.7. The van der Waals surface area contributed by atoms with Gasteiger partial charge >= 0.3 is 12.1 Å². The van der Waals surface area contributed by atoms with Crippen molar-refractivity contribution in [2.24, 2.45) is 19.3 Å². The molecular formula is C19H16F3N3O2. The van der Waals surface area contributed by atoms with E-state index < -0.39 is 17.9 Å². The lowest BCUT2D eigenvalue weighted by Crippen LogP contribution is -2.27. The SMILES string of the molecule is Cn1cccc1-c1ccc(/C(=N/OC(=O)c2ccccc2)C(F)(F)F)n1C. The number of carbonyl (C=O) groups excluding carboxylic acids is 1. The third kappa shape index (κ3) is 3.79. The van der Waals surface area contributed by atoms with Gasteiger partial charge in [-0.25, -0.2) is 4.79 Å². The van der Waals surface area contributed by atoms with Crippen LogP contribution in [-0.4, -0.2) is 27.0 Å². The number of nitrogens with zero attached hydrogens (tertiary/aromatic N) is 3. The quantitative estimate of drug-likeness (QED) is 0.391. The summed E-state index contributed by atoms with van der Waals surface area (Å²) in [7, 11) is 3.29. The molecule has 0 aliphatic carbocycles. The molecule has 2 aromatic heterocycles. The Morgan fingerprint density at radius 2 is 1.67 bits per heavy atom. The molecule has 0 amide bonds. The minimum atomic E-state index is -4.80. The highest BCUT2D eigenvalue weighted by Gasteiger charge is 2.40. The van der Waals surface area contributed by atoms with E-state index in [1.54, 1.807) is 54.2 Å². The van der Waals surface area contributed by atoms with Gasteiger partial charge < -0.3 is 14.0 Å². The van der Waals surface area contributed by atoms with Gasteiger partial charge in [-0.1, -0.05) is 23.4 Å². The van der Waals surface area contributed by atoms with Gasteiger partial charge in [0.2, 0.25) is 5.71 Å². The van der Waals surface area contributed by atoms with E-state index in [9.17, 15) is 18.0 Å². The van der Waals surface area contributed by atoms with Gasteiger partial charge in [0.05, 0.1) is 22.6 Å². The maximum Gasteiger partial charge on any atom is 0.438 e. The molecule has 0 radical (unpaired) electrons. The van der Waals surface area contributed by atoms with E-state index in [2.05, 4.69) is 9.99 Å². The number of hydrogen-bond acceptors (Lipinski definition) is 3. The van der Waals surface area contributed by atoms with Crippen molar-refractivity contribution < 1.29 is 22.8 Å². The fraction of sp³-hybridized carbons (Fsp3) is 0.158. The number of aryl methyl sites for hydroxylation is 1. The second-order valence-electron chi connectivity index (χ2n) is 5.85. The number of aromatic nitrogens is 2. The van der Waals surface area contributed by atoms with Crippen molar-refractivity contribution in [2.75, 3.05) is 0 Å². The lowest BCUT2D eigenvalue weighted by atomic mass is 10.2. The Kier molecular flexibility index (Phi) is 4.89. The summed E-state index contributed by atoms with van der Waals surface area (Å²) in [5.41, 5.74) is -0.0659. The summed E-state index contributed by atoms with van der Waals surface area (Å²) in [6.45, 7) is 0. The molecule has 0 spiro atoms. The smallest absolute Gasteiger partial charge is 0.349 e. The minimum absolute atomic E-state index is 0.110. The highest BCUT2D eigenvalue weighted by atomic mass is 19.4. The second kappa shape index (κ2) is 7.14. The Morgan fingerprint density at radius 1 is 0.963 bits per heavy atom. The van der Waals surface area contributed by atoms with E-state index in [1.165, 1.54) is 29.8 Å². The number of benzene rings is 1. The van der Waals surface area contributed by atoms with Crippen LogP contribution in [-0.2, 0) is 18.9 Å². The number of hydrogen-bond donors (Lipinski definition) is 0. The lowest BCUT2D eigenvalue weighted by molar-refractivity contribution is -0.0607. The molecule has 3 aromatic rings. The van der Waals surface area contributed by atoms with Crippen molar-refractivity contribution in [3.8, 4) is 11.4 Å². The van der Waals surface area contributed by atoms with E-state index in [0.29, 0.717) is 5.69 Å². The molecule has 140 valence electrons. The highest BCUT2D eigenvalue weighted by molar-refractivity contribution is 6.04. The molecule has 0 bridgehead atoms. The highest BCUT2D eigenvalue weighted by Crippen LogP contribution is 2.28. The normalized spacial score (nSPS) is 12.3. The molecular weight excluding hydrogens is 359 g/mol. The summed E-state index contributed by atoms with van der Waals surface area (Å²) in [5, 5.41) is 3.13. The molecule has 0 aliphatic heterocycles. The Hall–Kier alpha value is -3.29. The van der Waals surface area contributed by atoms with E-state index >= 15 is 0 Å². The lowest BCUT2D eigenvalue weighted by Gasteiger charge is -2.13.